The molecule has 2 nitrogen and oxygen atoms in total. The quantitative estimate of drug-likeness (QED) is 0.799. The molecule has 1 aromatic carbocycles. The Labute approximate surface area is 102 Å². The maximum absolute atomic E-state index is 13.5. The fraction of sp³-hybridized carbons (Fsp3) is 0.571. The van der Waals surface area contributed by atoms with Crippen molar-refractivity contribution in [3.63, 3.8) is 0 Å². The minimum Gasteiger partial charge on any atom is -0.491 e. The summed E-state index contributed by atoms with van der Waals surface area (Å²) in [6.07, 6.45) is 2.36. The van der Waals surface area contributed by atoms with Crippen molar-refractivity contribution in [2.24, 2.45) is 0 Å². The van der Waals surface area contributed by atoms with E-state index < -0.39 is 0 Å². The van der Waals surface area contributed by atoms with Crippen molar-refractivity contribution in [2.45, 2.75) is 38.7 Å². The Balaban J connectivity index is 1.98. The van der Waals surface area contributed by atoms with Gasteiger partial charge in [-0.15, -0.1) is 0 Å². The van der Waals surface area contributed by atoms with Gasteiger partial charge >= 0.3 is 0 Å². The van der Waals surface area contributed by atoms with Gasteiger partial charge in [-0.05, 0) is 42.5 Å². The summed E-state index contributed by atoms with van der Waals surface area (Å²) in [6, 6.07) is 4.94. The van der Waals surface area contributed by atoms with Crippen LogP contribution in [-0.4, -0.2) is 19.3 Å². The van der Waals surface area contributed by atoms with Crippen molar-refractivity contribution in [2.75, 3.05) is 13.2 Å². The zero-order valence-electron chi connectivity index (χ0n) is 10.4. The lowest BCUT2D eigenvalue weighted by Gasteiger charge is -2.13. The lowest BCUT2D eigenvalue weighted by Crippen LogP contribution is -2.16. The highest BCUT2D eigenvalue weighted by Gasteiger charge is 2.16. The fourth-order valence-electron chi connectivity index (χ4n) is 2.02. The van der Waals surface area contributed by atoms with Crippen molar-refractivity contribution in [1.82, 2.24) is 0 Å². The molecule has 1 heterocycles. The van der Waals surface area contributed by atoms with Crippen LogP contribution in [0, 0.1) is 5.82 Å². The zero-order valence-corrected chi connectivity index (χ0v) is 10.4. The van der Waals surface area contributed by atoms with Crippen LogP contribution in [0.3, 0.4) is 0 Å². The smallest absolute Gasteiger partial charge is 0.126 e. The average Bonchev–Trinajstić information content (AvgIpc) is 2.80. The zero-order chi connectivity index (χ0) is 12.3. The first-order chi connectivity index (χ1) is 8.16. The number of halogens is 1. The highest BCUT2D eigenvalue weighted by molar-refractivity contribution is 5.31. The first-order valence-electron chi connectivity index (χ1n) is 6.20. The molecule has 1 aliphatic heterocycles. The van der Waals surface area contributed by atoms with Crippen molar-refractivity contribution >= 4 is 0 Å². The summed E-state index contributed by atoms with van der Waals surface area (Å²) in [4.78, 5) is 0. The van der Waals surface area contributed by atoms with Gasteiger partial charge in [0, 0.05) is 6.61 Å². The lowest BCUT2D eigenvalue weighted by atomic mass is 10.0. The average molecular weight is 238 g/mol. The Bertz CT molecular complexity index is 370. The van der Waals surface area contributed by atoms with Crippen LogP contribution < -0.4 is 4.74 Å². The Morgan fingerprint density at radius 1 is 1.47 bits per heavy atom. The van der Waals surface area contributed by atoms with E-state index in [4.69, 9.17) is 9.47 Å². The summed E-state index contributed by atoms with van der Waals surface area (Å²) in [5.41, 5.74) is 0.704. The van der Waals surface area contributed by atoms with Crippen molar-refractivity contribution in [1.29, 1.82) is 0 Å². The van der Waals surface area contributed by atoms with E-state index in [9.17, 15) is 4.39 Å². The molecule has 0 bridgehead atoms. The molecule has 0 amide bonds. The first kappa shape index (κ1) is 12.4. The van der Waals surface area contributed by atoms with Gasteiger partial charge in [0.25, 0.3) is 0 Å². The summed E-state index contributed by atoms with van der Waals surface area (Å²) < 4.78 is 24.6. The Morgan fingerprint density at radius 3 is 2.94 bits per heavy atom. The van der Waals surface area contributed by atoms with Crippen LogP contribution in [0.5, 0.6) is 5.75 Å². The second-order valence-corrected chi connectivity index (χ2v) is 4.78. The highest BCUT2D eigenvalue weighted by Crippen LogP contribution is 2.24. The number of hydrogen-bond donors (Lipinski definition) is 0. The SMILES string of the molecule is CC(C)c1cc(OC[C@@H]2CCCO2)ccc1F. The molecule has 0 aromatic heterocycles. The second-order valence-electron chi connectivity index (χ2n) is 4.78. The maximum atomic E-state index is 13.5. The van der Waals surface area contributed by atoms with Crippen LogP contribution in [0.1, 0.15) is 38.2 Å². The van der Waals surface area contributed by atoms with Crippen molar-refractivity contribution in [3.05, 3.63) is 29.6 Å². The van der Waals surface area contributed by atoms with Gasteiger partial charge in [0.1, 0.15) is 18.2 Å². The molecular weight excluding hydrogens is 219 g/mol. The van der Waals surface area contributed by atoms with Crippen molar-refractivity contribution in [3.8, 4) is 5.75 Å². The normalized spacial score (nSPS) is 19.9. The number of benzene rings is 1. The van der Waals surface area contributed by atoms with E-state index in [0.717, 1.165) is 25.2 Å². The van der Waals surface area contributed by atoms with E-state index in [-0.39, 0.29) is 17.8 Å². The molecule has 3 heteroatoms. The third-order valence-corrected chi connectivity index (χ3v) is 3.05. The predicted octanol–water partition coefficient (Wildman–Crippen LogP) is 3.51. The van der Waals surface area contributed by atoms with E-state index >= 15 is 0 Å². The molecule has 94 valence electrons. The van der Waals surface area contributed by atoms with Gasteiger partial charge in [-0.1, -0.05) is 13.8 Å². The Kier molecular flexibility index (Phi) is 4.00. The minimum atomic E-state index is -0.163. The first-order valence-corrected chi connectivity index (χ1v) is 6.20. The van der Waals surface area contributed by atoms with Crippen LogP contribution in [-0.2, 0) is 4.74 Å². The molecule has 0 N–H and O–H groups in total. The summed E-state index contributed by atoms with van der Waals surface area (Å²) in [6.45, 7) is 5.34. The summed E-state index contributed by atoms with van der Waals surface area (Å²) in [5.74, 6) is 0.733. The molecule has 1 aliphatic rings. The molecule has 0 saturated carbocycles. The molecule has 0 aliphatic carbocycles. The van der Waals surface area contributed by atoms with Crippen LogP contribution in [0.2, 0.25) is 0 Å². The molecule has 1 aromatic rings. The van der Waals surface area contributed by atoms with Crippen LogP contribution in [0.4, 0.5) is 4.39 Å². The van der Waals surface area contributed by atoms with E-state index in [1.54, 1.807) is 12.1 Å². The molecule has 0 spiro atoms. The third kappa shape index (κ3) is 3.19. The monoisotopic (exact) mass is 238 g/mol. The van der Waals surface area contributed by atoms with Crippen LogP contribution in [0.25, 0.3) is 0 Å². The molecule has 17 heavy (non-hydrogen) atoms. The van der Waals surface area contributed by atoms with Gasteiger partial charge in [0.2, 0.25) is 0 Å². The van der Waals surface area contributed by atoms with Crippen LogP contribution >= 0.6 is 0 Å². The van der Waals surface area contributed by atoms with E-state index in [1.807, 2.05) is 13.8 Å². The Morgan fingerprint density at radius 2 is 2.29 bits per heavy atom. The molecule has 1 saturated heterocycles. The third-order valence-electron chi connectivity index (χ3n) is 3.05. The molecule has 0 unspecified atom stereocenters. The standard InChI is InChI=1S/C14H19FO2/c1-10(2)13-8-11(5-6-14(13)15)17-9-12-4-3-7-16-12/h5-6,8,10,12H,3-4,7,9H2,1-2H3/t12-/m0/s1. The Hall–Kier alpha value is -1.09. The topological polar surface area (TPSA) is 18.5 Å². The number of ether oxygens (including phenoxy) is 2. The van der Waals surface area contributed by atoms with Gasteiger partial charge in [-0.3, -0.25) is 0 Å². The molecular formula is C14H19FO2. The largest absolute Gasteiger partial charge is 0.491 e. The van der Waals surface area contributed by atoms with Gasteiger partial charge < -0.3 is 9.47 Å². The molecule has 1 fully saturated rings. The molecule has 1 atom stereocenters. The predicted molar refractivity (Wildman–Crippen MR) is 65.0 cm³/mol. The van der Waals surface area contributed by atoms with E-state index in [1.165, 1.54) is 6.07 Å². The highest BCUT2D eigenvalue weighted by atomic mass is 19.1. The van der Waals surface area contributed by atoms with E-state index in [2.05, 4.69) is 0 Å². The summed E-state index contributed by atoms with van der Waals surface area (Å²) in [7, 11) is 0. The van der Waals surface area contributed by atoms with Crippen LogP contribution in [0.15, 0.2) is 18.2 Å². The van der Waals surface area contributed by atoms with Crippen molar-refractivity contribution < 1.29 is 13.9 Å². The summed E-state index contributed by atoms with van der Waals surface area (Å²) in [5, 5.41) is 0. The molecule has 2 rings (SSSR count). The molecule has 0 radical (unpaired) electrons. The lowest BCUT2D eigenvalue weighted by molar-refractivity contribution is 0.0679. The minimum absolute atomic E-state index is 0.163. The maximum Gasteiger partial charge on any atom is 0.126 e. The second kappa shape index (κ2) is 5.50. The van der Waals surface area contributed by atoms with Gasteiger partial charge in [-0.25, -0.2) is 4.39 Å². The number of hydrogen-bond acceptors (Lipinski definition) is 2. The van der Waals surface area contributed by atoms with Gasteiger partial charge in [0.15, 0.2) is 0 Å². The van der Waals surface area contributed by atoms with Gasteiger partial charge in [-0.2, -0.15) is 0 Å². The number of rotatable bonds is 4. The van der Waals surface area contributed by atoms with E-state index in [0.29, 0.717) is 12.2 Å². The summed E-state index contributed by atoms with van der Waals surface area (Å²) >= 11 is 0. The van der Waals surface area contributed by atoms with Gasteiger partial charge in [0.05, 0.1) is 6.10 Å². The fourth-order valence-corrected chi connectivity index (χ4v) is 2.02.